The molecule has 0 saturated carbocycles. The zero-order valence-corrected chi connectivity index (χ0v) is 26.5. The maximum Gasteiger partial charge on any atom is 0.0171 e. The number of rotatable bonds is 2. The van der Waals surface area contributed by atoms with Crippen LogP contribution in [0.2, 0.25) is 0 Å². The minimum atomic E-state index is -0.154. The van der Waals surface area contributed by atoms with E-state index in [1.807, 2.05) is 0 Å². The topological polar surface area (TPSA) is 0 Å². The molecule has 1 aliphatic carbocycles. The molecule has 220 valence electrons. The first-order valence-corrected chi connectivity index (χ1v) is 16.6. The zero-order chi connectivity index (χ0) is 31.3. The maximum atomic E-state index is 2.50. The van der Waals surface area contributed by atoms with E-state index < -0.39 is 0 Å². The number of benzene rings is 9. The highest BCUT2D eigenvalue weighted by Crippen LogP contribution is 2.57. The molecule has 10 rings (SSSR count). The molecule has 0 unspecified atom stereocenters. The number of hydrogen-bond donors (Lipinski definition) is 0. The summed E-state index contributed by atoms with van der Waals surface area (Å²) in [5.74, 6) is 0. The predicted molar refractivity (Wildman–Crippen MR) is 202 cm³/mol. The van der Waals surface area contributed by atoms with Crippen LogP contribution in [0, 0.1) is 0 Å². The monoisotopic (exact) mass is 596 g/mol. The van der Waals surface area contributed by atoms with Crippen LogP contribution in [-0.2, 0) is 5.41 Å². The first-order valence-electron chi connectivity index (χ1n) is 16.6. The second-order valence-corrected chi connectivity index (χ2v) is 13.6. The smallest absolute Gasteiger partial charge is 0.0171 e. The standard InChI is InChI=1S/C47H32/c1-47(2)45-39-24-11-9-22-37(39)42(28-43(45)44-38-23-10-7-19-34(38)35-20-8-12-25-40(35)46(44)47)30-16-13-15-29(26-30)41-27-31-14-3-4-17-32(31)33-18-5-6-21-36(33)41/h3-28H,1-2H3. The fourth-order valence-electron chi connectivity index (χ4n) is 8.83. The molecule has 0 saturated heterocycles. The Morgan fingerprint density at radius 1 is 0.319 bits per heavy atom. The van der Waals surface area contributed by atoms with E-state index >= 15 is 0 Å². The summed E-state index contributed by atoms with van der Waals surface area (Å²) >= 11 is 0. The molecule has 9 aromatic rings. The Kier molecular flexibility index (Phi) is 5.44. The Hall–Kier alpha value is -5.72. The molecule has 0 bridgehead atoms. The summed E-state index contributed by atoms with van der Waals surface area (Å²) in [7, 11) is 0. The molecule has 9 aromatic carbocycles. The molecule has 0 aliphatic heterocycles. The molecule has 0 amide bonds. The quantitative estimate of drug-likeness (QED) is 0.174. The van der Waals surface area contributed by atoms with Crippen LogP contribution < -0.4 is 0 Å². The van der Waals surface area contributed by atoms with E-state index in [9.17, 15) is 0 Å². The van der Waals surface area contributed by atoms with Gasteiger partial charge in [0.1, 0.15) is 0 Å². The van der Waals surface area contributed by atoms with Gasteiger partial charge in [-0.1, -0.05) is 153 Å². The lowest BCUT2D eigenvalue weighted by molar-refractivity contribution is 0.672. The molecule has 0 N–H and O–H groups in total. The van der Waals surface area contributed by atoms with Gasteiger partial charge in [0.2, 0.25) is 0 Å². The van der Waals surface area contributed by atoms with Gasteiger partial charge < -0.3 is 0 Å². The third-order valence-electron chi connectivity index (χ3n) is 10.7. The van der Waals surface area contributed by atoms with E-state index in [0.717, 1.165) is 0 Å². The summed E-state index contributed by atoms with van der Waals surface area (Å²) in [5, 5.41) is 13.2. The largest absolute Gasteiger partial charge is 0.0616 e. The summed E-state index contributed by atoms with van der Waals surface area (Å²) in [6.45, 7) is 4.85. The second kappa shape index (κ2) is 9.64. The van der Waals surface area contributed by atoms with E-state index in [0.29, 0.717) is 0 Å². The molecule has 0 radical (unpaired) electrons. The highest BCUT2D eigenvalue weighted by atomic mass is 14.4. The lowest BCUT2D eigenvalue weighted by Crippen LogP contribution is -2.16. The van der Waals surface area contributed by atoms with Gasteiger partial charge in [0.15, 0.2) is 0 Å². The summed E-state index contributed by atoms with van der Waals surface area (Å²) in [6, 6.07) is 58.7. The summed E-state index contributed by atoms with van der Waals surface area (Å²) < 4.78 is 0. The average Bonchev–Trinajstić information content (AvgIpc) is 3.38. The molecule has 0 spiro atoms. The van der Waals surface area contributed by atoms with Gasteiger partial charge in [-0.05, 0) is 117 Å². The maximum absolute atomic E-state index is 2.50. The normalized spacial score (nSPS) is 13.5. The van der Waals surface area contributed by atoms with Crippen LogP contribution in [0.3, 0.4) is 0 Å². The van der Waals surface area contributed by atoms with Crippen LogP contribution in [0.5, 0.6) is 0 Å². The zero-order valence-electron chi connectivity index (χ0n) is 26.5. The Morgan fingerprint density at radius 2 is 0.766 bits per heavy atom. The fourth-order valence-corrected chi connectivity index (χ4v) is 8.83. The van der Waals surface area contributed by atoms with Crippen LogP contribution in [0.1, 0.15) is 25.0 Å². The van der Waals surface area contributed by atoms with E-state index in [2.05, 4.69) is 172 Å². The molecule has 0 heterocycles. The Morgan fingerprint density at radius 3 is 1.43 bits per heavy atom. The molecular formula is C47H32. The molecule has 47 heavy (non-hydrogen) atoms. The van der Waals surface area contributed by atoms with Crippen LogP contribution in [0.25, 0.3) is 87.2 Å². The highest BCUT2D eigenvalue weighted by molar-refractivity contribution is 6.20. The molecular weight excluding hydrogens is 565 g/mol. The average molecular weight is 597 g/mol. The minimum absolute atomic E-state index is 0.154. The molecule has 0 heteroatoms. The minimum Gasteiger partial charge on any atom is -0.0616 e. The fraction of sp³-hybridized carbons (Fsp3) is 0.0638. The third-order valence-corrected chi connectivity index (χ3v) is 10.7. The van der Waals surface area contributed by atoms with Crippen molar-refractivity contribution in [2.24, 2.45) is 0 Å². The van der Waals surface area contributed by atoms with Crippen molar-refractivity contribution in [1.29, 1.82) is 0 Å². The van der Waals surface area contributed by atoms with Crippen molar-refractivity contribution in [1.82, 2.24) is 0 Å². The summed E-state index contributed by atoms with van der Waals surface area (Å²) in [5.41, 5.74) is 10.5. The van der Waals surface area contributed by atoms with Gasteiger partial charge in [-0.2, -0.15) is 0 Å². The summed E-state index contributed by atoms with van der Waals surface area (Å²) in [6.07, 6.45) is 0. The lowest BCUT2D eigenvalue weighted by Gasteiger charge is -2.25. The molecule has 0 aromatic heterocycles. The van der Waals surface area contributed by atoms with Crippen molar-refractivity contribution in [2.45, 2.75) is 19.3 Å². The first kappa shape index (κ1) is 26.5. The van der Waals surface area contributed by atoms with Crippen molar-refractivity contribution >= 4 is 53.9 Å². The van der Waals surface area contributed by atoms with E-state index in [-0.39, 0.29) is 5.41 Å². The summed E-state index contributed by atoms with van der Waals surface area (Å²) in [4.78, 5) is 0. The van der Waals surface area contributed by atoms with E-state index in [1.165, 1.54) is 98.4 Å². The van der Waals surface area contributed by atoms with Gasteiger partial charge >= 0.3 is 0 Å². The first-order chi connectivity index (χ1) is 23.1. The SMILES string of the molecule is CC1(C)c2c(cc(-c3cccc(-c4cc5ccccc5c5ccccc45)c3)c3ccccc23)-c2c1c1ccccc1c1ccccc21. The van der Waals surface area contributed by atoms with Crippen molar-refractivity contribution in [3.8, 4) is 33.4 Å². The van der Waals surface area contributed by atoms with Gasteiger partial charge in [0.25, 0.3) is 0 Å². The number of hydrogen-bond acceptors (Lipinski definition) is 0. The molecule has 1 aliphatic rings. The Bertz CT molecular complexity index is 2760. The van der Waals surface area contributed by atoms with E-state index in [4.69, 9.17) is 0 Å². The predicted octanol–water partition coefficient (Wildman–Crippen LogP) is 13.1. The molecule has 0 nitrogen and oxygen atoms in total. The van der Waals surface area contributed by atoms with Crippen LogP contribution in [0.15, 0.2) is 158 Å². The lowest BCUT2D eigenvalue weighted by atomic mass is 9.77. The van der Waals surface area contributed by atoms with E-state index in [1.54, 1.807) is 0 Å². The number of fused-ring (bicyclic) bond motifs is 13. The second-order valence-electron chi connectivity index (χ2n) is 13.6. The van der Waals surface area contributed by atoms with Crippen LogP contribution >= 0.6 is 0 Å². The van der Waals surface area contributed by atoms with Crippen molar-refractivity contribution < 1.29 is 0 Å². The third kappa shape index (κ3) is 3.64. The van der Waals surface area contributed by atoms with Gasteiger partial charge in [0, 0.05) is 5.41 Å². The highest BCUT2D eigenvalue weighted by Gasteiger charge is 2.40. The van der Waals surface area contributed by atoms with Crippen molar-refractivity contribution in [2.75, 3.05) is 0 Å². The van der Waals surface area contributed by atoms with Crippen LogP contribution in [-0.4, -0.2) is 0 Å². The van der Waals surface area contributed by atoms with Gasteiger partial charge in [-0.3, -0.25) is 0 Å². The molecule has 0 fully saturated rings. The van der Waals surface area contributed by atoms with Gasteiger partial charge in [-0.15, -0.1) is 0 Å². The van der Waals surface area contributed by atoms with Crippen LogP contribution in [0.4, 0.5) is 0 Å². The van der Waals surface area contributed by atoms with Gasteiger partial charge in [0.05, 0.1) is 0 Å². The molecule has 0 atom stereocenters. The van der Waals surface area contributed by atoms with Crippen molar-refractivity contribution in [3.05, 3.63) is 169 Å². The van der Waals surface area contributed by atoms with Gasteiger partial charge in [-0.25, -0.2) is 0 Å². The van der Waals surface area contributed by atoms with Crippen molar-refractivity contribution in [3.63, 3.8) is 0 Å². The Balaban J connectivity index is 1.28. The Labute approximate surface area is 274 Å².